The molecule has 1 aromatic carbocycles. The molecule has 0 saturated heterocycles. The Labute approximate surface area is 209 Å². The summed E-state index contributed by atoms with van der Waals surface area (Å²) in [5.41, 5.74) is 1.43. The maximum atomic E-state index is 12.9. The van der Waals surface area contributed by atoms with Crippen molar-refractivity contribution in [2.24, 2.45) is 29.6 Å². The van der Waals surface area contributed by atoms with Gasteiger partial charge >= 0.3 is 5.97 Å². The summed E-state index contributed by atoms with van der Waals surface area (Å²) in [7, 11) is 0. The van der Waals surface area contributed by atoms with Crippen molar-refractivity contribution in [3.8, 4) is 5.75 Å². The molecule has 4 rings (SSSR count). The molecule has 0 aliphatic heterocycles. The number of ether oxygens (including phenoxy) is 1. The van der Waals surface area contributed by atoms with Gasteiger partial charge in [0.05, 0.1) is 5.92 Å². The lowest BCUT2D eigenvalue weighted by Crippen LogP contribution is -2.30. The zero-order valence-corrected chi connectivity index (χ0v) is 22.1. The Morgan fingerprint density at radius 3 is 1.85 bits per heavy atom. The Balaban J connectivity index is 1.18. The van der Waals surface area contributed by atoms with Crippen LogP contribution in [0.3, 0.4) is 0 Å². The van der Waals surface area contributed by atoms with Crippen LogP contribution in [0.2, 0.25) is 0 Å². The molecule has 34 heavy (non-hydrogen) atoms. The van der Waals surface area contributed by atoms with Gasteiger partial charge in [0.2, 0.25) is 0 Å². The predicted octanol–water partition coefficient (Wildman–Crippen LogP) is 9.47. The number of benzene rings is 1. The Bertz CT molecular complexity index is 714. The van der Waals surface area contributed by atoms with Crippen LogP contribution in [-0.2, 0) is 4.79 Å². The lowest BCUT2D eigenvalue weighted by Gasteiger charge is -2.37. The van der Waals surface area contributed by atoms with Gasteiger partial charge in [-0.1, -0.05) is 70.9 Å². The molecule has 0 unspecified atom stereocenters. The number of carbonyl (C=O) groups excluding carboxylic acids is 1. The molecule has 0 bridgehead atoms. The smallest absolute Gasteiger partial charge is 0.314 e. The molecule has 1 aromatic rings. The lowest BCUT2D eigenvalue weighted by atomic mass is 9.69. The molecule has 0 N–H and O–H groups in total. The van der Waals surface area contributed by atoms with Crippen molar-refractivity contribution in [2.45, 2.75) is 129 Å². The first-order chi connectivity index (χ1) is 16.7. The number of esters is 1. The summed E-state index contributed by atoms with van der Waals surface area (Å²) in [6.07, 6.45) is 22.5. The second-order valence-electron chi connectivity index (χ2n) is 12.0. The fourth-order valence-corrected chi connectivity index (χ4v) is 7.47. The zero-order chi connectivity index (χ0) is 23.8. The minimum absolute atomic E-state index is 0.00860. The summed E-state index contributed by atoms with van der Waals surface area (Å²) in [6, 6.07) is 8.50. The minimum Gasteiger partial charge on any atom is -0.426 e. The Morgan fingerprint density at radius 1 is 0.706 bits per heavy atom. The van der Waals surface area contributed by atoms with Crippen LogP contribution in [0, 0.1) is 29.6 Å². The van der Waals surface area contributed by atoms with Gasteiger partial charge < -0.3 is 4.74 Å². The second kappa shape index (κ2) is 13.1. The molecular formula is C32H50O2. The molecular weight excluding hydrogens is 416 g/mol. The monoisotopic (exact) mass is 466 g/mol. The molecule has 0 atom stereocenters. The largest absolute Gasteiger partial charge is 0.426 e. The van der Waals surface area contributed by atoms with Crippen molar-refractivity contribution in [1.29, 1.82) is 0 Å². The van der Waals surface area contributed by atoms with E-state index in [1.165, 1.54) is 102 Å². The summed E-state index contributed by atoms with van der Waals surface area (Å²) in [5, 5.41) is 0. The third-order valence-corrected chi connectivity index (χ3v) is 9.74. The van der Waals surface area contributed by atoms with Crippen LogP contribution in [0.15, 0.2) is 24.3 Å². The summed E-state index contributed by atoms with van der Waals surface area (Å²) >= 11 is 0. The van der Waals surface area contributed by atoms with Crippen molar-refractivity contribution in [2.75, 3.05) is 0 Å². The van der Waals surface area contributed by atoms with Crippen LogP contribution in [0.1, 0.15) is 134 Å². The van der Waals surface area contributed by atoms with Crippen molar-refractivity contribution in [1.82, 2.24) is 0 Å². The predicted molar refractivity (Wildman–Crippen MR) is 142 cm³/mol. The van der Waals surface area contributed by atoms with Crippen LogP contribution in [0.4, 0.5) is 0 Å². The quantitative estimate of drug-likeness (QED) is 0.267. The molecule has 0 amide bonds. The van der Waals surface area contributed by atoms with Gasteiger partial charge in [-0.15, -0.1) is 0 Å². The van der Waals surface area contributed by atoms with Crippen LogP contribution >= 0.6 is 0 Å². The van der Waals surface area contributed by atoms with Crippen molar-refractivity contribution >= 4 is 5.97 Å². The molecule has 2 nitrogen and oxygen atoms in total. The van der Waals surface area contributed by atoms with E-state index in [1.54, 1.807) is 0 Å². The number of unbranched alkanes of at least 4 members (excludes halogenated alkanes) is 1. The summed E-state index contributed by atoms with van der Waals surface area (Å²) in [6.45, 7) is 4.62. The molecule has 3 aliphatic rings. The Kier molecular flexibility index (Phi) is 9.95. The molecule has 3 saturated carbocycles. The highest BCUT2D eigenvalue weighted by Gasteiger charge is 2.33. The zero-order valence-electron chi connectivity index (χ0n) is 22.1. The molecule has 3 aliphatic carbocycles. The van der Waals surface area contributed by atoms with E-state index in [0.29, 0.717) is 5.92 Å². The van der Waals surface area contributed by atoms with Gasteiger partial charge in [-0.05, 0) is 111 Å². The van der Waals surface area contributed by atoms with E-state index in [9.17, 15) is 4.79 Å². The SMILES string of the molecule is CCCCC1CCC(c2ccc(OC(=O)C3CCC(C4CCC(CCC)CC4)CC3)cc2)CC1. The highest BCUT2D eigenvalue weighted by molar-refractivity contribution is 5.75. The number of rotatable bonds is 9. The van der Waals surface area contributed by atoms with Crippen LogP contribution in [0.5, 0.6) is 5.75 Å². The Morgan fingerprint density at radius 2 is 1.26 bits per heavy atom. The van der Waals surface area contributed by atoms with Gasteiger partial charge in [0, 0.05) is 0 Å². The van der Waals surface area contributed by atoms with Gasteiger partial charge in [0.15, 0.2) is 0 Å². The van der Waals surface area contributed by atoms with E-state index >= 15 is 0 Å². The van der Waals surface area contributed by atoms with E-state index in [0.717, 1.165) is 42.3 Å². The lowest BCUT2D eigenvalue weighted by molar-refractivity contribution is -0.140. The van der Waals surface area contributed by atoms with E-state index in [-0.39, 0.29) is 11.9 Å². The number of hydrogen-bond donors (Lipinski definition) is 0. The van der Waals surface area contributed by atoms with Crippen molar-refractivity contribution in [3.05, 3.63) is 29.8 Å². The standard InChI is InChI=1S/C32H50O2/c1-3-5-7-25-10-14-27(15-11-25)29-20-22-31(23-21-29)34-32(33)30-18-16-28(17-19-30)26-12-8-24(6-4-2)9-13-26/h20-28,30H,3-19H2,1-2H3. The van der Waals surface area contributed by atoms with Crippen LogP contribution in [0.25, 0.3) is 0 Å². The summed E-state index contributed by atoms with van der Waals surface area (Å²) in [4.78, 5) is 12.9. The van der Waals surface area contributed by atoms with Crippen molar-refractivity contribution in [3.63, 3.8) is 0 Å². The third kappa shape index (κ3) is 7.11. The highest BCUT2D eigenvalue weighted by Crippen LogP contribution is 2.43. The highest BCUT2D eigenvalue weighted by atomic mass is 16.5. The fourth-order valence-electron chi connectivity index (χ4n) is 7.47. The van der Waals surface area contributed by atoms with E-state index < -0.39 is 0 Å². The topological polar surface area (TPSA) is 26.3 Å². The van der Waals surface area contributed by atoms with Crippen molar-refractivity contribution < 1.29 is 9.53 Å². The first-order valence-corrected chi connectivity index (χ1v) is 15.0. The minimum atomic E-state index is 0.00860. The maximum Gasteiger partial charge on any atom is 0.314 e. The van der Waals surface area contributed by atoms with Gasteiger partial charge in [0.1, 0.15) is 5.75 Å². The van der Waals surface area contributed by atoms with Crippen LogP contribution < -0.4 is 4.74 Å². The van der Waals surface area contributed by atoms with E-state index in [4.69, 9.17) is 4.74 Å². The normalized spacial score (nSPS) is 32.3. The molecule has 190 valence electrons. The van der Waals surface area contributed by atoms with Gasteiger partial charge in [-0.25, -0.2) is 0 Å². The first kappa shape index (κ1) is 25.8. The summed E-state index contributed by atoms with van der Waals surface area (Å²) < 4.78 is 5.84. The number of carbonyl (C=O) groups is 1. The Hall–Kier alpha value is -1.31. The average Bonchev–Trinajstić information content (AvgIpc) is 2.89. The van der Waals surface area contributed by atoms with Gasteiger partial charge in [-0.2, -0.15) is 0 Å². The van der Waals surface area contributed by atoms with E-state index in [1.807, 2.05) is 12.1 Å². The van der Waals surface area contributed by atoms with E-state index in [2.05, 4.69) is 26.0 Å². The molecule has 0 heterocycles. The first-order valence-electron chi connectivity index (χ1n) is 15.0. The second-order valence-corrected chi connectivity index (χ2v) is 12.0. The van der Waals surface area contributed by atoms with Gasteiger partial charge in [-0.3, -0.25) is 4.79 Å². The third-order valence-electron chi connectivity index (χ3n) is 9.74. The molecule has 3 fully saturated rings. The maximum absolute atomic E-state index is 12.9. The summed E-state index contributed by atoms with van der Waals surface area (Å²) in [5.74, 6) is 5.24. The van der Waals surface area contributed by atoms with Gasteiger partial charge in [0.25, 0.3) is 0 Å². The fraction of sp³-hybridized carbons (Fsp3) is 0.781. The average molecular weight is 467 g/mol. The number of hydrogen-bond acceptors (Lipinski definition) is 2. The van der Waals surface area contributed by atoms with Crippen LogP contribution in [-0.4, -0.2) is 5.97 Å². The molecule has 0 aromatic heterocycles. The molecule has 2 heteroatoms. The molecule has 0 radical (unpaired) electrons. The molecule has 0 spiro atoms.